The van der Waals surface area contributed by atoms with Crippen LogP contribution in [0, 0.1) is 0 Å². The zero-order valence-corrected chi connectivity index (χ0v) is 16.4. The number of aromatic nitrogens is 2. The number of rotatable bonds is 8. The Hall–Kier alpha value is -2.76. The molecule has 6 heteroatoms. The van der Waals surface area contributed by atoms with Crippen LogP contribution in [0.3, 0.4) is 0 Å². The zero-order chi connectivity index (χ0) is 19.1. The molecular weight excluding hydrogens is 338 g/mol. The second-order valence-corrected chi connectivity index (χ2v) is 6.66. The van der Waals surface area contributed by atoms with Crippen LogP contribution in [0.1, 0.15) is 56.7 Å². The summed E-state index contributed by atoms with van der Waals surface area (Å²) in [6.45, 7) is 8.36. The molecule has 0 aliphatic carbocycles. The lowest BCUT2D eigenvalue weighted by Crippen LogP contribution is -2.36. The molecule has 6 nitrogen and oxygen atoms in total. The zero-order valence-electron chi connectivity index (χ0n) is 16.4. The van der Waals surface area contributed by atoms with Crippen molar-refractivity contribution in [2.45, 2.75) is 52.6 Å². The number of hydrogen-bond donors (Lipinski definition) is 3. The van der Waals surface area contributed by atoms with E-state index < -0.39 is 0 Å². The molecule has 144 valence electrons. The molecule has 3 N–H and O–H groups in total. The average molecular weight is 367 g/mol. The molecule has 0 aliphatic heterocycles. The highest BCUT2D eigenvalue weighted by Crippen LogP contribution is 2.22. The van der Waals surface area contributed by atoms with E-state index in [1.54, 1.807) is 0 Å². The first-order valence-electron chi connectivity index (χ1n) is 9.77. The van der Waals surface area contributed by atoms with Crippen molar-refractivity contribution in [3.63, 3.8) is 0 Å². The Bertz CT molecular complexity index is 842. The van der Waals surface area contributed by atoms with Crippen LogP contribution in [0.2, 0.25) is 0 Å². The largest absolute Gasteiger partial charge is 0.359 e. The lowest BCUT2D eigenvalue weighted by Gasteiger charge is -2.09. The summed E-state index contributed by atoms with van der Waals surface area (Å²) < 4.78 is 5.48. The number of benzene rings is 1. The number of aliphatic imine (C=N–C) groups is 1. The predicted octanol–water partition coefficient (Wildman–Crippen LogP) is 4.31. The van der Waals surface area contributed by atoms with Gasteiger partial charge in [-0.1, -0.05) is 37.2 Å². The molecule has 27 heavy (non-hydrogen) atoms. The van der Waals surface area contributed by atoms with E-state index in [0.717, 1.165) is 48.0 Å². The van der Waals surface area contributed by atoms with Crippen LogP contribution >= 0.6 is 0 Å². The van der Waals surface area contributed by atoms with Crippen molar-refractivity contribution < 1.29 is 4.52 Å². The van der Waals surface area contributed by atoms with Crippen LogP contribution in [0.25, 0.3) is 10.9 Å². The van der Waals surface area contributed by atoms with Gasteiger partial charge in [-0.25, -0.2) is 4.99 Å². The molecule has 2 aromatic heterocycles. The van der Waals surface area contributed by atoms with Gasteiger partial charge in [-0.05, 0) is 37.3 Å². The summed E-state index contributed by atoms with van der Waals surface area (Å²) >= 11 is 0. The van der Waals surface area contributed by atoms with Crippen molar-refractivity contribution in [3.8, 4) is 0 Å². The second kappa shape index (κ2) is 9.26. The Morgan fingerprint density at radius 3 is 2.70 bits per heavy atom. The molecule has 0 fully saturated rings. The topological polar surface area (TPSA) is 78.2 Å². The van der Waals surface area contributed by atoms with Crippen LogP contribution in [0.5, 0.6) is 0 Å². The monoisotopic (exact) mass is 367 g/mol. The molecule has 0 bridgehead atoms. The van der Waals surface area contributed by atoms with Crippen molar-refractivity contribution in [1.82, 2.24) is 20.8 Å². The Balaban J connectivity index is 1.62. The number of H-pyrrole nitrogens is 1. The highest BCUT2D eigenvalue weighted by Gasteiger charge is 2.13. The third-order valence-electron chi connectivity index (χ3n) is 4.75. The maximum atomic E-state index is 5.48. The van der Waals surface area contributed by atoms with Gasteiger partial charge < -0.3 is 20.1 Å². The molecule has 3 aromatic rings. The van der Waals surface area contributed by atoms with Crippen molar-refractivity contribution in [1.29, 1.82) is 0 Å². The summed E-state index contributed by atoms with van der Waals surface area (Å²) in [5, 5.41) is 12.0. The van der Waals surface area contributed by atoms with E-state index in [9.17, 15) is 0 Å². The fourth-order valence-corrected chi connectivity index (χ4v) is 3.21. The molecule has 0 saturated heterocycles. The van der Waals surface area contributed by atoms with E-state index in [1.807, 2.05) is 18.2 Å². The van der Waals surface area contributed by atoms with Gasteiger partial charge in [0.25, 0.3) is 0 Å². The standard InChI is InChI=1S/C21H29N5O/c1-4-15(5-2)20-12-18(27-26-20)14-24-21(22-6-3)23-13-17-11-16-9-7-8-10-19(16)25-17/h7-12,15,25H,4-6,13-14H2,1-3H3,(H2,22,23,24). The van der Waals surface area contributed by atoms with Gasteiger partial charge in [0.1, 0.15) is 0 Å². The first-order valence-corrected chi connectivity index (χ1v) is 9.77. The lowest BCUT2D eigenvalue weighted by atomic mass is 9.99. The van der Waals surface area contributed by atoms with Crippen LogP contribution < -0.4 is 10.6 Å². The maximum Gasteiger partial charge on any atom is 0.192 e. The van der Waals surface area contributed by atoms with E-state index in [2.05, 4.69) is 64.7 Å². The van der Waals surface area contributed by atoms with Gasteiger partial charge in [0.05, 0.1) is 18.8 Å². The molecule has 3 rings (SSSR count). The summed E-state index contributed by atoms with van der Waals surface area (Å²) in [5.41, 5.74) is 3.26. The fourth-order valence-electron chi connectivity index (χ4n) is 3.21. The lowest BCUT2D eigenvalue weighted by molar-refractivity contribution is 0.368. The molecule has 2 heterocycles. The molecule has 0 radical (unpaired) electrons. The van der Waals surface area contributed by atoms with Gasteiger partial charge in [0, 0.05) is 29.7 Å². The van der Waals surface area contributed by atoms with Crippen LogP contribution in [0.4, 0.5) is 0 Å². The van der Waals surface area contributed by atoms with Crippen molar-refractivity contribution in [2.24, 2.45) is 4.99 Å². The SMILES string of the molecule is CCNC(=NCc1cc2ccccc2[nH]1)NCc1cc(C(CC)CC)no1. The van der Waals surface area contributed by atoms with Crippen LogP contribution in [0.15, 0.2) is 45.9 Å². The minimum absolute atomic E-state index is 0.464. The van der Waals surface area contributed by atoms with Gasteiger partial charge in [-0.15, -0.1) is 0 Å². The molecule has 0 amide bonds. The summed E-state index contributed by atoms with van der Waals surface area (Å²) in [6.07, 6.45) is 2.15. The van der Waals surface area contributed by atoms with Crippen molar-refractivity contribution in [2.75, 3.05) is 6.54 Å². The molecule has 0 spiro atoms. The van der Waals surface area contributed by atoms with E-state index >= 15 is 0 Å². The van der Waals surface area contributed by atoms with Gasteiger partial charge in [0.2, 0.25) is 0 Å². The first kappa shape index (κ1) is 19.0. The normalized spacial score (nSPS) is 12.1. The highest BCUT2D eigenvalue weighted by atomic mass is 16.5. The Morgan fingerprint density at radius 2 is 1.96 bits per heavy atom. The Morgan fingerprint density at radius 1 is 1.15 bits per heavy atom. The number of guanidine groups is 1. The van der Waals surface area contributed by atoms with Crippen molar-refractivity contribution >= 4 is 16.9 Å². The van der Waals surface area contributed by atoms with Gasteiger partial charge >= 0.3 is 0 Å². The second-order valence-electron chi connectivity index (χ2n) is 6.66. The van der Waals surface area contributed by atoms with E-state index in [-0.39, 0.29) is 0 Å². The van der Waals surface area contributed by atoms with E-state index in [0.29, 0.717) is 19.0 Å². The minimum Gasteiger partial charge on any atom is -0.359 e. The molecular formula is C21H29N5O. The minimum atomic E-state index is 0.464. The quantitative estimate of drug-likeness (QED) is 0.409. The van der Waals surface area contributed by atoms with E-state index in [4.69, 9.17) is 4.52 Å². The first-order chi connectivity index (χ1) is 13.2. The fraction of sp³-hybridized carbons (Fsp3) is 0.429. The summed E-state index contributed by atoms with van der Waals surface area (Å²) in [5.74, 6) is 2.05. The number of fused-ring (bicyclic) bond motifs is 1. The third-order valence-corrected chi connectivity index (χ3v) is 4.75. The van der Waals surface area contributed by atoms with Gasteiger partial charge in [-0.3, -0.25) is 0 Å². The predicted molar refractivity (Wildman–Crippen MR) is 110 cm³/mol. The maximum absolute atomic E-state index is 5.48. The molecule has 0 unspecified atom stereocenters. The van der Waals surface area contributed by atoms with Crippen molar-refractivity contribution in [3.05, 3.63) is 53.5 Å². The summed E-state index contributed by atoms with van der Waals surface area (Å²) in [4.78, 5) is 8.07. The average Bonchev–Trinajstić information content (AvgIpc) is 3.31. The van der Waals surface area contributed by atoms with Gasteiger partial charge in [-0.2, -0.15) is 0 Å². The summed E-state index contributed by atoms with van der Waals surface area (Å²) in [7, 11) is 0. The smallest absolute Gasteiger partial charge is 0.192 e. The number of nitrogens with zero attached hydrogens (tertiary/aromatic N) is 2. The van der Waals surface area contributed by atoms with Gasteiger partial charge in [0.15, 0.2) is 11.7 Å². The number of nitrogens with one attached hydrogen (secondary N) is 3. The Labute approximate surface area is 160 Å². The molecule has 1 aromatic carbocycles. The molecule has 0 saturated carbocycles. The van der Waals surface area contributed by atoms with Crippen LogP contribution in [-0.4, -0.2) is 22.6 Å². The number of hydrogen-bond acceptors (Lipinski definition) is 3. The molecule has 0 atom stereocenters. The van der Waals surface area contributed by atoms with E-state index in [1.165, 1.54) is 5.39 Å². The highest BCUT2D eigenvalue weighted by molar-refractivity contribution is 5.81. The molecule has 0 aliphatic rings. The Kier molecular flexibility index (Phi) is 6.52. The summed E-state index contributed by atoms with van der Waals surface area (Å²) in [6, 6.07) is 12.4. The number of aromatic amines is 1. The third kappa shape index (κ3) is 4.90. The van der Waals surface area contributed by atoms with Crippen LogP contribution in [-0.2, 0) is 13.1 Å². The number of para-hydroxylation sites is 1.